The average molecular weight is 421 g/mol. The molecule has 0 spiro atoms. The minimum absolute atomic E-state index is 0. The van der Waals surface area contributed by atoms with Gasteiger partial charge in [0.1, 0.15) is 12.4 Å². The molecule has 1 aliphatic carbocycles. The lowest BCUT2D eigenvalue weighted by molar-refractivity contribution is -0.0698. The van der Waals surface area contributed by atoms with Crippen molar-refractivity contribution in [1.29, 1.82) is 0 Å². The van der Waals surface area contributed by atoms with E-state index in [4.69, 9.17) is 14.2 Å². The predicted molar refractivity (Wildman–Crippen MR) is 101 cm³/mol. The van der Waals surface area contributed by atoms with Crippen molar-refractivity contribution < 1.29 is 14.2 Å². The first-order valence-corrected chi connectivity index (χ1v) is 9.44. The quantitative estimate of drug-likeness (QED) is 0.653. The Morgan fingerprint density at radius 1 is 1.04 bits per heavy atom. The molecule has 0 aromatic heterocycles. The second-order valence-electron chi connectivity index (χ2n) is 6.21. The van der Waals surface area contributed by atoms with Crippen LogP contribution in [0.25, 0.3) is 0 Å². The second kappa shape index (κ2) is 10.6. The molecule has 0 amide bonds. The average Bonchev–Trinajstić information content (AvgIpc) is 2.61. The standard InChI is InChI=1S/C18H26BrNO3.ClH/c19-15-5-7-16(8-6-15)22-13-14-23-18-4-2-1-3-17(18)20-9-11-21-12-10-20;/h5-8,17-18H,1-4,9-14H2;1H/t17-,18-;/m0./s1. The van der Waals surface area contributed by atoms with Crippen LogP contribution in [0.15, 0.2) is 28.7 Å². The van der Waals surface area contributed by atoms with Gasteiger partial charge in [-0.1, -0.05) is 28.8 Å². The Morgan fingerprint density at radius 3 is 2.50 bits per heavy atom. The van der Waals surface area contributed by atoms with Crippen molar-refractivity contribution in [3.05, 3.63) is 28.7 Å². The molecule has 1 aliphatic heterocycles. The number of hydrogen-bond acceptors (Lipinski definition) is 4. The van der Waals surface area contributed by atoms with Gasteiger partial charge in [0.25, 0.3) is 0 Å². The Morgan fingerprint density at radius 2 is 1.75 bits per heavy atom. The van der Waals surface area contributed by atoms with Crippen molar-refractivity contribution in [2.45, 2.75) is 37.8 Å². The number of halogens is 2. The van der Waals surface area contributed by atoms with Crippen molar-refractivity contribution in [3.63, 3.8) is 0 Å². The third-order valence-electron chi connectivity index (χ3n) is 4.68. The molecule has 6 heteroatoms. The van der Waals surface area contributed by atoms with Crippen LogP contribution in [0.5, 0.6) is 5.75 Å². The number of nitrogens with zero attached hydrogens (tertiary/aromatic N) is 1. The van der Waals surface area contributed by atoms with Gasteiger partial charge in [0.15, 0.2) is 0 Å². The highest BCUT2D eigenvalue weighted by molar-refractivity contribution is 9.10. The number of morpholine rings is 1. The van der Waals surface area contributed by atoms with E-state index in [0.29, 0.717) is 25.4 Å². The third kappa shape index (κ3) is 5.88. The maximum atomic E-state index is 6.18. The van der Waals surface area contributed by atoms with Gasteiger partial charge in [0.2, 0.25) is 0 Å². The van der Waals surface area contributed by atoms with E-state index in [-0.39, 0.29) is 12.4 Å². The van der Waals surface area contributed by atoms with Crippen LogP contribution >= 0.6 is 28.3 Å². The third-order valence-corrected chi connectivity index (χ3v) is 5.21. The molecule has 0 unspecified atom stereocenters. The summed E-state index contributed by atoms with van der Waals surface area (Å²) in [5.74, 6) is 0.894. The monoisotopic (exact) mass is 419 g/mol. The first-order chi connectivity index (χ1) is 11.3. The van der Waals surface area contributed by atoms with Crippen LogP contribution < -0.4 is 4.74 Å². The molecule has 2 fully saturated rings. The van der Waals surface area contributed by atoms with Gasteiger partial charge in [-0.25, -0.2) is 0 Å². The van der Waals surface area contributed by atoms with Crippen LogP contribution in [0.3, 0.4) is 0 Å². The van der Waals surface area contributed by atoms with Gasteiger partial charge < -0.3 is 14.2 Å². The summed E-state index contributed by atoms with van der Waals surface area (Å²) in [7, 11) is 0. The van der Waals surface area contributed by atoms with Gasteiger partial charge in [-0.3, -0.25) is 4.90 Å². The Bertz CT molecular complexity index is 468. The first-order valence-electron chi connectivity index (χ1n) is 8.65. The Hall–Kier alpha value is -0.330. The van der Waals surface area contributed by atoms with Crippen LogP contribution in [0.2, 0.25) is 0 Å². The van der Waals surface area contributed by atoms with Crippen LogP contribution in [0.4, 0.5) is 0 Å². The lowest BCUT2D eigenvalue weighted by Gasteiger charge is -2.41. The number of hydrogen-bond donors (Lipinski definition) is 0. The molecule has 2 aliphatic rings. The van der Waals surface area contributed by atoms with Crippen molar-refractivity contribution in [2.24, 2.45) is 0 Å². The van der Waals surface area contributed by atoms with Crippen LogP contribution in [0, 0.1) is 0 Å². The highest BCUT2D eigenvalue weighted by Gasteiger charge is 2.31. The van der Waals surface area contributed by atoms with E-state index < -0.39 is 0 Å². The van der Waals surface area contributed by atoms with Gasteiger partial charge >= 0.3 is 0 Å². The lowest BCUT2D eigenvalue weighted by atomic mass is 9.91. The minimum atomic E-state index is 0. The van der Waals surface area contributed by atoms with E-state index >= 15 is 0 Å². The summed E-state index contributed by atoms with van der Waals surface area (Å²) in [5.41, 5.74) is 0. The predicted octanol–water partition coefficient (Wildman–Crippen LogP) is 3.91. The first kappa shape index (κ1) is 20.0. The van der Waals surface area contributed by atoms with E-state index in [1.54, 1.807) is 0 Å². The number of ether oxygens (including phenoxy) is 3. The maximum absolute atomic E-state index is 6.18. The molecule has 3 rings (SSSR count). The lowest BCUT2D eigenvalue weighted by Crippen LogP contribution is -2.51. The molecular weight excluding hydrogens is 394 g/mol. The van der Waals surface area contributed by atoms with Gasteiger partial charge in [-0.2, -0.15) is 0 Å². The molecule has 1 saturated heterocycles. The molecule has 2 atom stereocenters. The zero-order chi connectivity index (χ0) is 15.9. The fourth-order valence-electron chi connectivity index (χ4n) is 3.49. The fraction of sp³-hybridized carbons (Fsp3) is 0.667. The Labute approximate surface area is 159 Å². The van der Waals surface area contributed by atoms with Gasteiger partial charge in [-0.15, -0.1) is 12.4 Å². The summed E-state index contributed by atoms with van der Waals surface area (Å²) in [6.07, 6.45) is 5.35. The topological polar surface area (TPSA) is 30.9 Å². The van der Waals surface area contributed by atoms with E-state index in [2.05, 4.69) is 20.8 Å². The summed E-state index contributed by atoms with van der Waals surface area (Å²) >= 11 is 3.43. The van der Waals surface area contributed by atoms with Crippen LogP contribution in [-0.4, -0.2) is 56.6 Å². The smallest absolute Gasteiger partial charge is 0.119 e. The SMILES string of the molecule is Brc1ccc(OCCO[C@H]2CCCC[C@@H]2N2CCOCC2)cc1.Cl. The summed E-state index contributed by atoms with van der Waals surface area (Å²) in [5, 5.41) is 0. The zero-order valence-electron chi connectivity index (χ0n) is 14.0. The zero-order valence-corrected chi connectivity index (χ0v) is 16.4. The molecule has 24 heavy (non-hydrogen) atoms. The molecule has 0 bridgehead atoms. The van der Waals surface area contributed by atoms with Crippen LogP contribution in [-0.2, 0) is 9.47 Å². The van der Waals surface area contributed by atoms with E-state index in [1.807, 2.05) is 24.3 Å². The van der Waals surface area contributed by atoms with Crippen molar-refractivity contribution in [2.75, 3.05) is 39.5 Å². The van der Waals surface area contributed by atoms with Gasteiger partial charge in [-0.05, 0) is 37.1 Å². The molecular formula is C18H27BrClNO3. The van der Waals surface area contributed by atoms with Crippen LogP contribution in [0.1, 0.15) is 25.7 Å². The van der Waals surface area contributed by atoms with E-state index in [9.17, 15) is 0 Å². The fourth-order valence-corrected chi connectivity index (χ4v) is 3.75. The molecule has 1 saturated carbocycles. The largest absolute Gasteiger partial charge is 0.491 e. The molecule has 1 heterocycles. The maximum Gasteiger partial charge on any atom is 0.119 e. The highest BCUT2D eigenvalue weighted by Crippen LogP contribution is 2.26. The molecule has 1 aromatic carbocycles. The molecule has 4 nitrogen and oxygen atoms in total. The van der Waals surface area contributed by atoms with Crippen molar-refractivity contribution >= 4 is 28.3 Å². The number of rotatable bonds is 6. The summed E-state index contributed by atoms with van der Waals surface area (Å²) in [4.78, 5) is 2.56. The molecule has 136 valence electrons. The van der Waals surface area contributed by atoms with Crippen molar-refractivity contribution in [3.8, 4) is 5.75 Å². The molecule has 1 aromatic rings. The summed E-state index contributed by atoms with van der Waals surface area (Å²) in [6.45, 7) is 5.06. The molecule has 0 N–H and O–H groups in total. The van der Waals surface area contributed by atoms with Crippen molar-refractivity contribution in [1.82, 2.24) is 4.90 Å². The minimum Gasteiger partial charge on any atom is -0.491 e. The van der Waals surface area contributed by atoms with Gasteiger partial charge in [0, 0.05) is 23.6 Å². The second-order valence-corrected chi connectivity index (χ2v) is 7.13. The summed E-state index contributed by atoms with van der Waals surface area (Å²) < 4.78 is 18.5. The van der Waals surface area contributed by atoms with Gasteiger partial charge in [0.05, 0.1) is 25.9 Å². The summed E-state index contributed by atoms with van der Waals surface area (Å²) in [6, 6.07) is 8.49. The Balaban J connectivity index is 0.00000208. The van der Waals surface area contributed by atoms with E-state index in [1.165, 1.54) is 25.7 Å². The van der Waals surface area contributed by atoms with E-state index in [0.717, 1.165) is 36.5 Å². The number of benzene rings is 1. The Kier molecular flexibility index (Phi) is 8.84. The normalized spacial score (nSPS) is 25.0. The highest BCUT2D eigenvalue weighted by atomic mass is 79.9. The molecule has 0 radical (unpaired) electrons.